The van der Waals surface area contributed by atoms with Crippen LogP contribution in [0.3, 0.4) is 0 Å². The molecule has 1 saturated carbocycles. The van der Waals surface area contributed by atoms with Crippen molar-refractivity contribution in [3.05, 3.63) is 0 Å². The Kier molecular flexibility index (Phi) is 5.45. The highest BCUT2D eigenvalue weighted by molar-refractivity contribution is 4.80. The van der Waals surface area contributed by atoms with Gasteiger partial charge in [-0.05, 0) is 31.1 Å². The summed E-state index contributed by atoms with van der Waals surface area (Å²) in [4.78, 5) is 0. The van der Waals surface area contributed by atoms with Gasteiger partial charge in [0.25, 0.3) is 0 Å². The van der Waals surface area contributed by atoms with Gasteiger partial charge in [0.05, 0.1) is 0 Å². The second-order valence-corrected chi connectivity index (χ2v) is 4.59. The maximum absolute atomic E-state index is 5.58. The summed E-state index contributed by atoms with van der Waals surface area (Å²) in [5.41, 5.74) is 2.95. The minimum Gasteiger partial charge on any atom is -0.385 e. The summed E-state index contributed by atoms with van der Waals surface area (Å²) in [7, 11) is 1.75. The molecule has 1 rings (SSSR count). The zero-order valence-electron chi connectivity index (χ0n) is 9.46. The number of hydrogen-bond donors (Lipinski definition) is 2. The number of hydrazine groups is 1. The van der Waals surface area contributed by atoms with Crippen LogP contribution in [0.15, 0.2) is 0 Å². The maximum atomic E-state index is 5.58. The van der Waals surface area contributed by atoms with Gasteiger partial charge in [-0.25, -0.2) is 0 Å². The van der Waals surface area contributed by atoms with E-state index in [1.165, 1.54) is 25.7 Å². The minimum atomic E-state index is 0.442. The van der Waals surface area contributed by atoms with E-state index in [2.05, 4.69) is 12.3 Å². The van der Waals surface area contributed by atoms with Crippen LogP contribution in [0.1, 0.15) is 39.0 Å². The predicted molar refractivity (Wildman–Crippen MR) is 58.7 cm³/mol. The van der Waals surface area contributed by atoms with Crippen molar-refractivity contribution in [2.75, 3.05) is 13.7 Å². The fourth-order valence-corrected chi connectivity index (χ4v) is 2.55. The molecule has 14 heavy (non-hydrogen) atoms. The zero-order chi connectivity index (χ0) is 10.4. The van der Waals surface area contributed by atoms with E-state index in [9.17, 15) is 0 Å². The van der Waals surface area contributed by atoms with Gasteiger partial charge in [-0.15, -0.1) is 0 Å². The molecule has 0 aromatic rings. The molecule has 84 valence electrons. The molecule has 3 atom stereocenters. The topological polar surface area (TPSA) is 47.3 Å². The van der Waals surface area contributed by atoms with Gasteiger partial charge < -0.3 is 4.74 Å². The Labute approximate surface area is 87.4 Å². The van der Waals surface area contributed by atoms with Crippen LogP contribution in [-0.2, 0) is 4.74 Å². The standard InChI is InChI=1S/C11H24N2O/c1-9-4-3-5-10(8-9)11(13-12)6-7-14-2/h9-11,13H,3-8,12H2,1-2H3. The molecule has 1 fully saturated rings. The Balaban J connectivity index is 2.34. The van der Waals surface area contributed by atoms with E-state index in [-0.39, 0.29) is 0 Å². The number of methoxy groups -OCH3 is 1. The molecule has 0 bridgehead atoms. The third-order valence-corrected chi connectivity index (χ3v) is 3.39. The molecular weight excluding hydrogens is 176 g/mol. The van der Waals surface area contributed by atoms with Crippen LogP contribution in [0, 0.1) is 11.8 Å². The average Bonchev–Trinajstić information content (AvgIpc) is 2.19. The Hall–Kier alpha value is -0.120. The fourth-order valence-electron chi connectivity index (χ4n) is 2.55. The van der Waals surface area contributed by atoms with E-state index in [1.807, 2.05) is 0 Å². The van der Waals surface area contributed by atoms with Crippen LogP contribution in [0.4, 0.5) is 0 Å². The van der Waals surface area contributed by atoms with Gasteiger partial charge in [0.1, 0.15) is 0 Å². The van der Waals surface area contributed by atoms with Gasteiger partial charge in [-0.3, -0.25) is 11.3 Å². The van der Waals surface area contributed by atoms with Gasteiger partial charge >= 0.3 is 0 Å². The fraction of sp³-hybridized carbons (Fsp3) is 1.00. The number of hydrogen-bond acceptors (Lipinski definition) is 3. The molecular formula is C11H24N2O. The monoisotopic (exact) mass is 200 g/mol. The second kappa shape index (κ2) is 6.38. The van der Waals surface area contributed by atoms with Gasteiger partial charge in [-0.2, -0.15) is 0 Å². The molecule has 1 aliphatic rings. The van der Waals surface area contributed by atoms with Crippen molar-refractivity contribution >= 4 is 0 Å². The number of ether oxygens (including phenoxy) is 1. The first-order valence-electron chi connectivity index (χ1n) is 5.73. The van der Waals surface area contributed by atoms with Crippen LogP contribution < -0.4 is 11.3 Å². The van der Waals surface area contributed by atoms with Crippen molar-refractivity contribution < 1.29 is 4.74 Å². The third-order valence-electron chi connectivity index (χ3n) is 3.39. The summed E-state index contributed by atoms with van der Waals surface area (Å²) in [5, 5.41) is 0. The Bertz CT molecular complexity index is 152. The summed E-state index contributed by atoms with van der Waals surface area (Å²) in [6, 6.07) is 0.442. The Morgan fingerprint density at radius 3 is 2.86 bits per heavy atom. The first kappa shape index (κ1) is 12.0. The average molecular weight is 200 g/mol. The van der Waals surface area contributed by atoms with Crippen molar-refractivity contribution in [1.82, 2.24) is 5.43 Å². The van der Waals surface area contributed by atoms with Crippen molar-refractivity contribution in [1.29, 1.82) is 0 Å². The highest BCUT2D eigenvalue weighted by Crippen LogP contribution is 2.31. The molecule has 3 unspecified atom stereocenters. The smallest absolute Gasteiger partial charge is 0.0477 e. The zero-order valence-corrected chi connectivity index (χ0v) is 9.46. The highest BCUT2D eigenvalue weighted by Gasteiger charge is 2.25. The lowest BCUT2D eigenvalue weighted by Crippen LogP contribution is -2.43. The molecule has 0 spiro atoms. The van der Waals surface area contributed by atoms with E-state index in [4.69, 9.17) is 10.6 Å². The van der Waals surface area contributed by atoms with E-state index in [1.54, 1.807) is 7.11 Å². The van der Waals surface area contributed by atoms with Gasteiger partial charge in [0, 0.05) is 19.8 Å². The molecule has 0 aliphatic heterocycles. The summed E-state index contributed by atoms with van der Waals surface area (Å²) >= 11 is 0. The molecule has 0 saturated heterocycles. The molecule has 3 N–H and O–H groups in total. The quantitative estimate of drug-likeness (QED) is 0.524. The summed E-state index contributed by atoms with van der Waals surface area (Å²) in [6.07, 6.45) is 6.42. The number of nitrogens with two attached hydrogens (primary N) is 1. The number of rotatable bonds is 5. The van der Waals surface area contributed by atoms with E-state index >= 15 is 0 Å². The number of nitrogens with one attached hydrogen (secondary N) is 1. The van der Waals surface area contributed by atoms with Gasteiger partial charge in [0.15, 0.2) is 0 Å². The first-order valence-corrected chi connectivity index (χ1v) is 5.73. The Morgan fingerprint density at radius 1 is 1.50 bits per heavy atom. The first-order chi connectivity index (χ1) is 6.77. The van der Waals surface area contributed by atoms with Crippen molar-refractivity contribution in [3.8, 4) is 0 Å². The second-order valence-electron chi connectivity index (χ2n) is 4.59. The molecule has 0 radical (unpaired) electrons. The van der Waals surface area contributed by atoms with Crippen LogP contribution in [0.25, 0.3) is 0 Å². The van der Waals surface area contributed by atoms with Crippen LogP contribution in [-0.4, -0.2) is 19.8 Å². The maximum Gasteiger partial charge on any atom is 0.0477 e. The van der Waals surface area contributed by atoms with Crippen molar-refractivity contribution in [2.45, 2.75) is 45.1 Å². The van der Waals surface area contributed by atoms with E-state index < -0.39 is 0 Å². The van der Waals surface area contributed by atoms with Crippen LogP contribution in [0.2, 0.25) is 0 Å². The molecule has 0 aromatic heterocycles. The van der Waals surface area contributed by atoms with E-state index in [0.29, 0.717) is 6.04 Å². The van der Waals surface area contributed by atoms with Crippen LogP contribution in [0.5, 0.6) is 0 Å². The largest absolute Gasteiger partial charge is 0.385 e. The minimum absolute atomic E-state index is 0.442. The SMILES string of the molecule is COCCC(NN)C1CCCC(C)C1. The van der Waals surface area contributed by atoms with Gasteiger partial charge in [-0.1, -0.05) is 19.8 Å². The summed E-state index contributed by atoms with van der Waals surface area (Å²) in [6.45, 7) is 3.15. The molecule has 1 aliphatic carbocycles. The molecule has 3 nitrogen and oxygen atoms in total. The molecule has 0 aromatic carbocycles. The van der Waals surface area contributed by atoms with Crippen molar-refractivity contribution in [2.24, 2.45) is 17.7 Å². The molecule has 0 heterocycles. The van der Waals surface area contributed by atoms with Gasteiger partial charge in [0.2, 0.25) is 0 Å². The summed E-state index contributed by atoms with van der Waals surface area (Å²) < 4.78 is 5.10. The van der Waals surface area contributed by atoms with Crippen molar-refractivity contribution in [3.63, 3.8) is 0 Å². The highest BCUT2D eigenvalue weighted by atomic mass is 16.5. The predicted octanol–water partition coefficient (Wildman–Crippen LogP) is 1.68. The van der Waals surface area contributed by atoms with Crippen LogP contribution >= 0.6 is 0 Å². The third kappa shape index (κ3) is 3.56. The summed E-state index contributed by atoms with van der Waals surface area (Å²) in [5.74, 6) is 7.20. The lowest BCUT2D eigenvalue weighted by Gasteiger charge is -2.32. The lowest BCUT2D eigenvalue weighted by molar-refractivity contribution is 0.150. The van der Waals surface area contributed by atoms with E-state index in [0.717, 1.165) is 24.9 Å². The molecule has 0 amide bonds. The Morgan fingerprint density at radius 2 is 2.29 bits per heavy atom. The molecule has 3 heteroatoms. The lowest BCUT2D eigenvalue weighted by atomic mass is 9.78. The normalized spacial score (nSPS) is 30.2.